The lowest BCUT2D eigenvalue weighted by molar-refractivity contribution is 0.00536. The summed E-state index contributed by atoms with van der Waals surface area (Å²) in [6, 6.07) is 7.18. The summed E-state index contributed by atoms with van der Waals surface area (Å²) in [7, 11) is 0. The van der Waals surface area contributed by atoms with Crippen LogP contribution in [0.2, 0.25) is 0 Å². The van der Waals surface area contributed by atoms with E-state index in [9.17, 15) is 9.50 Å². The van der Waals surface area contributed by atoms with E-state index in [-0.39, 0.29) is 19.0 Å². The molecule has 2 bridgehead atoms. The van der Waals surface area contributed by atoms with E-state index in [0.717, 1.165) is 6.54 Å². The summed E-state index contributed by atoms with van der Waals surface area (Å²) in [5.41, 5.74) is 1.30. The van der Waals surface area contributed by atoms with Gasteiger partial charge < -0.3 is 9.84 Å². The van der Waals surface area contributed by atoms with Gasteiger partial charge in [-0.25, -0.2) is 4.39 Å². The zero-order valence-electron chi connectivity index (χ0n) is 15.1. The molecule has 1 saturated heterocycles. The number of β-amino-alcohol motifs (C(OH)–C–C–N with tert-alkyl or cyclic N) is 1. The van der Waals surface area contributed by atoms with Gasteiger partial charge in [0, 0.05) is 24.7 Å². The standard InChI is InChI=1S/C20H30FNO2/c1-19(2)8-16-9-20(3,13-19)14-22(16)10-17(23)12-24-11-15-6-4-5-7-18(15)21/h4-7,16-17,23H,8-14H2,1-3H3/t16-,17+,20+/m0/s1. The van der Waals surface area contributed by atoms with Gasteiger partial charge in [-0.1, -0.05) is 39.0 Å². The smallest absolute Gasteiger partial charge is 0.128 e. The maximum absolute atomic E-state index is 13.6. The number of fused-ring (bicyclic) bond motifs is 2. The summed E-state index contributed by atoms with van der Waals surface area (Å²) in [6.07, 6.45) is 3.17. The number of nitrogens with zero attached hydrogens (tertiary/aromatic N) is 1. The second-order valence-electron chi connectivity index (χ2n) is 8.90. The Hall–Kier alpha value is -0.970. The molecular weight excluding hydrogens is 305 g/mol. The maximum Gasteiger partial charge on any atom is 0.128 e. The molecule has 3 rings (SSSR count). The van der Waals surface area contributed by atoms with E-state index in [0.29, 0.717) is 29.0 Å². The molecule has 3 nitrogen and oxygen atoms in total. The Balaban J connectivity index is 1.47. The van der Waals surface area contributed by atoms with Crippen molar-refractivity contribution in [3.8, 4) is 0 Å². The number of aliphatic hydroxyl groups is 1. The van der Waals surface area contributed by atoms with Gasteiger partial charge in [0.1, 0.15) is 5.82 Å². The predicted molar refractivity (Wildman–Crippen MR) is 93.2 cm³/mol. The molecular formula is C20H30FNO2. The molecule has 1 saturated carbocycles. The van der Waals surface area contributed by atoms with Crippen LogP contribution in [0.3, 0.4) is 0 Å². The lowest BCUT2D eigenvalue weighted by Crippen LogP contribution is -2.39. The minimum atomic E-state index is -0.525. The molecule has 134 valence electrons. The summed E-state index contributed by atoms with van der Waals surface area (Å²) in [6.45, 7) is 9.25. The Kier molecular flexibility index (Phi) is 5.01. The molecule has 0 spiro atoms. The van der Waals surface area contributed by atoms with Crippen LogP contribution in [0.5, 0.6) is 0 Å². The van der Waals surface area contributed by atoms with Gasteiger partial charge in [-0.15, -0.1) is 0 Å². The third-order valence-electron chi connectivity index (χ3n) is 5.49. The highest BCUT2D eigenvalue weighted by Gasteiger charge is 2.49. The second kappa shape index (κ2) is 6.74. The molecule has 1 aliphatic heterocycles. The first-order valence-electron chi connectivity index (χ1n) is 9.00. The molecule has 2 fully saturated rings. The molecule has 0 amide bonds. The van der Waals surface area contributed by atoms with Crippen LogP contribution in [0.25, 0.3) is 0 Å². The molecule has 0 aromatic heterocycles. The Morgan fingerprint density at radius 2 is 2.04 bits per heavy atom. The fraction of sp³-hybridized carbons (Fsp3) is 0.700. The second-order valence-corrected chi connectivity index (χ2v) is 8.90. The topological polar surface area (TPSA) is 32.7 Å². The van der Waals surface area contributed by atoms with Gasteiger partial charge in [-0.3, -0.25) is 4.90 Å². The number of ether oxygens (including phenoxy) is 1. The summed E-state index contributed by atoms with van der Waals surface area (Å²) in [5.74, 6) is -0.254. The van der Waals surface area contributed by atoms with E-state index in [2.05, 4.69) is 25.7 Å². The van der Waals surface area contributed by atoms with Gasteiger partial charge in [0.15, 0.2) is 0 Å². The molecule has 1 aromatic carbocycles. The molecule has 2 aliphatic rings. The van der Waals surface area contributed by atoms with Crippen LogP contribution >= 0.6 is 0 Å². The molecule has 24 heavy (non-hydrogen) atoms. The van der Waals surface area contributed by atoms with Gasteiger partial charge in [-0.2, -0.15) is 0 Å². The molecule has 1 aliphatic carbocycles. The number of hydrogen-bond donors (Lipinski definition) is 1. The quantitative estimate of drug-likeness (QED) is 0.862. The summed E-state index contributed by atoms with van der Waals surface area (Å²) < 4.78 is 19.1. The average molecular weight is 335 g/mol. The fourth-order valence-corrected chi connectivity index (χ4v) is 5.03. The van der Waals surface area contributed by atoms with E-state index < -0.39 is 6.10 Å². The highest BCUT2D eigenvalue weighted by molar-refractivity contribution is 5.16. The first kappa shape index (κ1) is 17.8. The lowest BCUT2D eigenvalue weighted by atomic mass is 9.65. The Labute approximate surface area is 144 Å². The van der Waals surface area contributed by atoms with E-state index in [1.54, 1.807) is 18.2 Å². The van der Waals surface area contributed by atoms with Gasteiger partial charge in [0.25, 0.3) is 0 Å². The number of rotatable bonds is 6. The maximum atomic E-state index is 13.6. The Morgan fingerprint density at radius 1 is 1.29 bits per heavy atom. The first-order chi connectivity index (χ1) is 11.3. The van der Waals surface area contributed by atoms with Crippen molar-refractivity contribution in [1.29, 1.82) is 0 Å². The molecule has 1 N–H and O–H groups in total. The van der Waals surface area contributed by atoms with Crippen LogP contribution in [0, 0.1) is 16.6 Å². The van der Waals surface area contributed by atoms with E-state index >= 15 is 0 Å². The van der Waals surface area contributed by atoms with Gasteiger partial charge in [-0.05, 0) is 36.2 Å². The fourth-order valence-electron chi connectivity index (χ4n) is 5.03. The number of hydrogen-bond acceptors (Lipinski definition) is 3. The SMILES string of the molecule is CC1(C)C[C@H]2C[C@@](C)(CN2C[C@@H](O)COCc2ccccc2F)C1. The average Bonchev–Trinajstić information content (AvgIpc) is 2.69. The minimum absolute atomic E-state index is 0.206. The molecule has 0 radical (unpaired) electrons. The number of benzene rings is 1. The Morgan fingerprint density at radius 3 is 2.79 bits per heavy atom. The van der Waals surface area contributed by atoms with Crippen molar-refractivity contribution in [1.82, 2.24) is 4.90 Å². The van der Waals surface area contributed by atoms with Crippen molar-refractivity contribution >= 4 is 0 Å². The zero-order valence-corrected chi connectivity index (χ0v) is 15.1. The molecule has 0 unspecified atom stereocenters. The van der Waals surface area contributed by atoms with E-state index in [4.69, 9.17) is 4.74 Å². The van der Waals surface area contributed by atoms with E-state index in [1.165, 1.54) is 25.3 Å². The monoisotopic (exact) mass is 335 g/mol. The predicted octanol–water partition coefficient (Wildman–Crippen LogP) is 3.60. The summed E-state index contributed by atoms with van der Waals surface area (Å²) >= 11 is 0. The summed E-state index contributed by atoms with van der Waals surface area (Å²) in [5, 5.41) is 10.3. The largest absolute Gasteiger partial charge is 0.389 e. The van der Waals surface area contributed by atoms with Crippen LogP contribution in [-0.4, -0.2) is 41.8 Å². The van der Waals surface area contributed by atoms with Gasteiger partial charge in [0.2, 0.25) is 0 Å². The highest BCUT2D eigenvalue weighted by Crippen LogP contribution is 2.52. The van der Waals surface area contributed by atoms with Crippen molar-refractivity contribution in [2.45, 2.75) is 58.8 Å². The number of likely N-dealkylation sites (tertiary alicyclic amines) is 1. The third kappa shape index (κ3) is 4.16. The summed E-state index contributed by atoms with van der Waals surface area (Å²) in [4.78, 5) is 2.44. The first-order valence-corrected chi connectivity index (χ1v) is 9.00. The number of aliphatic hydroxyl groups excluding tert-OH is 1. The van der Waals surface area contributed by atoms with Crippen LogP contribution in [-0.2, 0) is 11.3 Å². The van der Waals surface area contributed by atoms with Gasteiger partial charge >= 0.3 is 0 Å². The van der Waals surface area contributed by atoms with Gasteiger partial charge in [0.05, 0.1) is 19.3 Å². The normalized spacial score (nSPS) is 30.5. The lowest BCUT2D eigenvalue weighted by Gasteiger charge is -2.40. The third-order valence-corrected chi connectivity index (χ3v) is 5.49. The number of halogens is 1. The van der Waals surface area contributed by atoms with Crippen LogP contribution in [0.15, 0.2) is 24.3 Å². The van der Waals surface area contributed by atoms with Crippen LogP contribution < -0.4 is 0 Å². The minimum Gasteiger partial charge on any atom is -0.389 e. The Bertz CT molecular complexity index is 577. The van der Waals surface area contributed by atoms with E-state index in [1.807, 2.05) is 0 Å². The molecule has 1 aromatic rings. The molecule has 3 atom stereocenters. The molecule has 1 heterocycles. The van der Waals surface area contributed by atoms with Crippen molar-refractivity contribution in [3.63, 3.8) is 0 Å². The molecule has 4 heteroatoms. The van der Waals surface area contributed by atoms with Crippen molar-refractivity contribution < 1.29 is 14.2 Å². The van der Waals surface area contributed by atoms with Crippen LogP contribution in [0.4, 0.5) is 4.39 Å². The van der Waals surface area contributed by atoms with Crippen molar-refractivity contribution in [2.24, 2.45) is 10.8 Å². The van der Waals surface area contributed by atoms with Crippen LogP contribution in [0.1, 0.15) is 45.6 Å². The van der Waals surface area contributed by atoms with Crippen molar-refractivity contribution in [3.05, 3.63) is 35.6 Å². The zero-order chi connectivity index (χ0) is 17.4. The van der Waals surface area contributed by atoms with Crippen molar-refractivity contribution in [2.75, 3.05) is 19.7 Å². The highest BCUT2D eigenvalue weighted by atomic mass is 19.1.